The Bertz CT molecular complexity index is 566. The van der Waals surface area contributed by atoms with Gasteiger partial charge >= 0.3 is 0 Å². The van der Waals surface area contributed by atoms with E-state index in [0.29, 0.717) is 11.6 Å². The molecule has 0 bridgehead atoms. The van der Waals surface area contributed by atoms with E-state index in [-0.39, 0.29) is 5.91 Å². The standard InChI is InChI=1S/C17H21N3O/c1-3-10-19-13(2)14-6-8-16(9-7-14)20-17(21)15-5-4-11-18-12-15/h4-9,11-13,19H,3,10H2,1-2H3,(H,20,21). The Hall–Kier alpha value is -2.20. The normalized spacial score (nSPS) is 11.9. The van der Waals surface area contributed by atoms with E-state index in [1.54, 1.807) is 24.5 Å². The van der Waals surface area contributed by atoms with Gasteiger partial charge in [-0.05, 0) is 49.7 Å². The van der Waals surface area contributed by atoms with Crippen LogP contribution in [0.1, 0.15) is 42.2 Å². The van der Waals surface area contributed by atoms with E-state index in [1.165, 1.54) is 5.56 Å². The van der Waals surface area contributed by atoms with Crippen molar-refractivity contribution in [1.29, 1.82) is 0 Å². The van der Waals surface area contributed by atoms with E-state index in [0.717, 1.165) is 18.7 Å². The van der Waals surface area contributed by atoms with Crippen molar-refractivity contribution in [1.82, 2.24) is 10.3 Å². The van der Waals surface area contributed by atoms with Crippen LogP contribution in [-0.2, 0) is 0 Å². The minimum absolute atomic E-state index is 0.145. The minimum atomic E-state index is -0.145. The van der Waals surface area contributed by atoms with Crippen LogP contribution in [0.3, 0.4) is 0 Å². The van der Waals surface area contributed by atoms with Crippen molar-refractivity contribution in [3.63, 3.8) is 0 Å². The Labute approximate surface area is 125 Å². The lowest BCUT2D eigenvalue weighted by molar-refractivity contribution is 0.102. The first-order valence-corrected chi connectivity index (χ1v) is 7.25. The molecule has 4 nitrogen and oxygen atoms in total. The summed E-state index contributed by atoms with van der Waals surface area (Å²) in [6.45, 7) is 5.29. The fraction of sp³-hybridized carbons (Fsp3) is 0.294. The molecule has 1 amide bonds. The number of aromatic nitrogens is 1. The van der Waals surface area contributed by atoms with Crippen LogP contribution in [-0.4, -0.2) is 17.4 Å². The zero-order chi connectivity index (χ0) is 15.1. The number of nitrogens with one attached hydrogen (secondary N) is 2. The number of anilines is 1. The highest BCUT2D eigenvalue weighted by molar-refractivity contribution is 6.03. The van der Waals surface area contributed by atoms with Crippen LogP contribution in [0.5, 0.6) is 0 Å². The third-order valence-corrected chi connectivity index (χ3v) is 3.29. The first-order chi connectivity index (χ1) is 10.2. The Kier molecular flexibility index (Phi) is 5.46. The van der Waals surface area contributed by atoms with Gasteiger partial charge in [-0.3, -0.25) is 9.78 Å². The van der Waals surface area contributed by atoms with Gasteiger partial charge in [-0.15, -0.1) is 0 Å². The number of amides is 1. The quantitative estimate of drug-likeness (QED) is 0.854. The summed E-state index contributed by atoms with van der Waals surface area (Å²) in [4.78, 5) is 16.0. The molecular weight excluding hydrogens is 262 g/mol. The SMILES string of the molecule is CCCNC(C)c1ccc(NC(=O)c2cccnc2)cc1. The van der Waals surface area contributed by atoms with E-state index in [1.807, 2.05) is 24.3 Å². The molecule has 0 aliphatic rings. The Morgan fingerprint density at radius 2 is 2.00 bits per heavy atom. The topological polar surface area (TPSA) is 54.0 Å². The van der Waals surface area contributed by atoms with E-state index < -0.39 is 0 Å². The van der Waals surface area contributed by atoms with Crippen molar-refractivity contribution in [2.24, 2.45) is 0 Å². The third-order valence-electron chi connectivity index (χ3n) is 3.29. The van der Waals surface area contributed by atoms with Crippen LogP contribution in [0.25, 0.3) is 0 Å². The summed E-state index contributed by atoms with van der Waals surface area (Å²) in [5.41, 5.74) is 2.55. The summed E-state index contributed by atoms with van der Waals surface area (Å²) in [7, 11) is 0. The van der Waals surface area contributed by atoms with Crippen molar-refractivity contribution in [3.8, 4) is 0 Å². The highest BCUT2D eigenvalue weighted by atomic mass is 16.1. The van der Waals surface area contributed by atoms with Gasteiger partial charge in [-0.25, -0.2) is 0 Å². The zero-order valence-corrected chi connectivity index (χ0v) is 12.5. The number of hydrogen-bond donors (Lipinski definition) is 2. The molecule has 0 aliphatic carbocycles. The summed E-state index contributed by atoms with van der Waals surface area (Å²) in [6, 6.07) is 11.7. The number of carbonyl (C=O) groups excluding carboxylic acids is 1. The average molecular weight is 283 g/mol. The highest BCUT2D eigenvalue weighted by Gasteiger charge is 2.07. The van der Waals surface area contributed by atoms with Crippen LogP contribution in [0.15, 0.2) is 48.8 Å². The second-order valence-corrected chi connectivity index (χ2v) is 4.99. The molecule has 1 atom stereocenters. The summed E-state index contributed by atoms with van der Waals surface area (Å²) in [5.74, 6) is -0.145. The van der Waals surface area contributed by atoms with E-state index >= 15 is 0 Å². The van der Waals surface area contributed by atoms with Crippen molar-refractivity contribution < 1.29 is 4.79 Å². The van der Waals surface area contributed by atoms with Crippen LogP contribution in [0.4, 0.5) is 5.69 Å². The van der Waals surface area contributed by atoms with Gasteiger partial charge in [0.05, 0.1) is 5.56 Å². The molecule has 4 heteroatoms. The highest BCUT2D eigenvalue weighted by Crippen LogP contribution is 2.16. The zero-order valence-electron chi connectivity index (χ0n) is 12.5. The predicted octanol–water partition coefficient (Wildman–Crippen LogP) is 3.39. The molecule has 110 valence electrons. The molecule has 0 fully saturated rings. The fourth-order valence-corrected chi connectivity index (χ4v) is 2.03. The molecule has 2 rings (SSSR count). The Morgan fingerprint density at radius 1 is 1.24 bits per heavy atom. The predicted molar refractivity (Wildman–Crippen MR) is 85.3 cm³/mol. The Morgan fingerprint density at radius 3 is 2.62 bits per heavy atom. The molecular formula is C17H21N3O. The largest absolute Gasteiger partial charge is 0.322 e. The molecule has 0 radical (unpaired) electrons. The van der Waals surface area contributed by atoms with Gasteiger partial charge in [0.1, 0.15) is 0 Å². The van der Waals surface area contributed by atoms with E-state index in [2.05, 4.69) is 29.5 Å². The second-order valence-electron chi connectivity index (χ2n) is 4.99. The van der Waals surface area contributed by atoms with Gasteiger partial charge in [-0.2, -0.15) is 0 Å². The third kappa shape index (κ3) is 4.39. The van der Waals surface area contributed by atoms with Gasteiger partial charge in [0, 0.05) is 24.1 Å². The molecule has 0 saturated carbocycles. The Balaban J connectivity index is 1.98. The first-order valence-electron chi connectivity index (χ1n) is 7.25. The van der Waals surface area contributed by atoms with Crippen LogP contribution in [0.2, 0.25) is 0 Å². The maximum absolute atomic E-state index is 12.0. The number of hydrogen-bond acceptors (Lipinski definition) is 3. The minimum Gasteiger partial charge on any atom is -0.322 e. The number of pyridine rings is 1. The number of benzene rings is 1. The van der Waals surface area contributed by atoms with E-state index in [4.69, 9.17) is 0 Å². The van der Waals surface area contributed by atoms with Crippen molar-refractivity contribution >= 4 is 11.6 Å². The van der Waals surface area contributed by atoms with Crippen molar-refractivity contribution in [2.75, 3.05) is 11.9 Å². The maximum Gasteiger partial charge on any atom is 0.257 e. The van der Waals surface area contributed by atoms with Gasteiger partial charge in [0.25, 0.3) is 5.91 Å². The molecule has 1 unspecified atom stereocenters. The molecule has 1 heterocycles. The lowest BCUT2D eigenvalue weighted by Crippen LogP contribution is -2.19. The van der Waals surface area contributed by atoms with Crippen LogP contribution < -0.4 is 10.6 Å². The van der Waals surface area contributed by atoms with Crippen molar-refractivity contribution in [3.05, 3.63) is 59.9 Å². The summed E-state index contributed by atoms with van der Waals surface area (Å²) in [6.07, 6.45) is 4.32. The molecule has 0 aliphatic heterocycles. The molecule has 2 aromatic rings. The van der Waals surface area contributed by atoms with Crippen molar-refractivity contribution in [2.45, 2.75) is 26.3 Å². The number of carbonyl (C=O) groups is 1. The summed E-state index contributed by atoms with van der Waals surface area (Å²) in [5, 5.41) is 6.31. The molecule has 0 saturated heterocycles. The second kappa shape index (κ2) is 7.55. The maximum atomic E-state index is 12.0. The molecule has 1 aromatic carbocycles. The van der Waals surface area contributed by atoms with Crippen LogP contribution in [0, 0.1) is 0 Å². The molecule has 21 heavy (non-hydrogen) atoms. The summed E-state index contributed by atoms with van der Waals surface area (Å²) >= 11 is 0. The van der Waals surface area contributed by atoms with Gasteiger partial charge in [0.15, 0.2) is 0 Å². The van der Waals surface area contributed by atoms with Crippen LogP contribution >= 0.6 is 0 Å². The first kappa shape index (κ1) is 15.2. The van der Waals surface area contributed by atoms with Gasteiger partial charge in [-0.1, -0.05) is 19.1 Å². The average Bonchev–Trinajstić information content (AvgIpc) is 2.54. The molecule has 0 spiro atoms. The van der Waals surface area contributed by atoms with Gasteiger partial charge in [0.2, 0.25) is 0 Å². The molecule has 1 aromatic heterocycles. The number of nitrogens with zero attached hydrogens (tertiary/aromatic N) is 1. The monoisotopic (exact) mass is 283 g/mol. The lowest BCUT2D eigenvalue weighted by atomic mass is 10.1. The molecule has 2 N–H and O–H groups in total. The van der Waals surface area contributed by atoms with Gasteiger partial charge < -0.3 is 10.6 Å². The fourth-order valence-electron chi connectivity index (χ4n) is 2.03. The smallest absolute Gasteiger partial charge is 0.257 e. The lowest BCUT2D eigenvalue weighted by Gasteiger charge is -2.14. The van der Waals surface area contributed by atoms with E-state index in [9.17, 15) is 4.79 Å². The number of rotatable bonds is 6. The summed E-state index contributed by atoms with van der Waals surface area (Å²) < 4.78 is 0.